The molecule has 1 saturated carbocycles. The second-order valence-electron chi connectivity index (χ2n) is 6.08. The summed E-state index contributed by atoms with van der Waals surface area (Å²) in [7, 11) is 0. The normalized spacial score (nSPS) is 25.0. The summed E-state index contributed by atoms with van der Waals surface area (Å²) in [6.07, 6.45) is 4.89. The molecule has 2 fully saturated rings. The number of carbonyl (C=O) groups excluding carboxylic acids is 2. The van der Waals surface area contributed by atoms with Crippen LogP contribution in [-0.2, 0) is 4.79 Å². The lowest BCUT2D eigenvalue weighted by molar-refractivity contribution is -0.124. The molecule has 1 heterocycles. The fourth-order valence-electron chi connectivity index (χ4n) is 3.02. The summed E-state index contributed by atoms with van der Waals surface area (Å²) in [5.74, 6) is 1.34. The number of halogens is 1. The van der Waals surface area contributed by atoms with Gasteiger partial charge < -0.3 is 16.0 Å². The number of urea groups is 1. The Bertz CT molecular complexity index is 428. The zero-order chi connectivity index (χ0) is 15.9. The number of hydrogen-bond donors (Lipinski definition) is 3. The number of amides is 3. The minimum atomic E-state index is -0.320. The average Bonchev–Trinajstić information content (AvgIpc) is 2.79. The smallest absolute Gasteiger partial charge is 0.324 e. The number of nitrogens with one attached hydrogen (secondary N) is 3. The van der Waals surface area contributed by atoms with E-state index in [1.54, 1.807) is 0 Å². The Balaban J connectivity index is 0.00000264. The molecule has 132 valence electrons. The first-order valence-electron chi connectivity index (χ1n) is 8.23. The van der Waals surface area contributed by atoms with Gasteiger partial charge in [-0.3, -0.25) is 14.7 Å². The molecule has 0 radical (unpaired) electrons. The van der Waals surface area contributed by atoms with Crippen LogP contribution in [0.5, 0.6) is 0 Å². The summed E-state index contributed by atoms with van der Waals surface area (Å²) >= 11 is 0. The molecule has 3 N–H and O–H groups in total. The van der Waals surface area contributed by atoms with Crippen molar-refractivity contribution in [1.82, 2.24) is 20.9 Å². The lowest BCUT2D eigenvalue weighted by Crippen LogP contribution is -2.45. The highest BCUT2D eigenvalue weighted by Crippen LogP contribution is 2.23. The molecule has 0 bridgehead atoms. The summed E-state index contributed by atoms with van der Waals surface area (Å²) < 4.78 is 0. The molecule has 3 amide bonds. The molecular weight excluding hydrogens is 409 g/mol. The van der Waals surface area contributed by atoms with E-state index in [9.17, 15) is 9.59 Å². The van der Waals surface area contributed by atoms with Crippen LogP contribution in [0, 0.1) is 5.92 Å². The van der Waals surface area contributed by atoms with Crippen molar-refractivity contribution in [3.8, 4) is 0 Å². The highest BCUT2D eigenvalue weighted by molar-refractivity contribution is 14.0. The van der Waals surface area contributed by atoms with E-state index in [0.717, 1.165) is 24.8 Å². The monoisotopic (exact) mass is 437 g/mol. The van der Waals surface area contributed by atoms with Crippen LogP contribution < -0.4 is 16.0 Å². The maximum absolute atomic E-state index is 11.5. The first kappa shape index (κ1) is 20.0. The van der Waals surface area contributed by atoms with Gasteiger partial charge in [0.15, 0.2) is 5.96 Å². The molecule has 2 rings (SSSR count). The van der Waals surface area contributed by atoms with Gasteiger partial charge in [0.2, 0.25) is 5.91 Å². The van der Waals surface area contributed by atoms with E-state index < -0.39 is 0 Å². The predicted molar refractivity (Wildman–Crippen MR) is 101 cm³/mol. The lowest BCUT2D eigenvalue weighted by atomic mass is 9.87. The van der Waals surface area contributed by atoms with Gasteiger partial charge in [-0.2, -0.15) is 0 Å². The third-order valence-corrected chi connectivity index (χ3v) is 4.15. The van der Waals surface area contributed by atoms with Gasteiger partial charge in [-0.05, 0) is 25.7 Å². The van der Waals surface area contributed by atoms with Gasteiger partial charge in [0.25, 0.3) is 0 Å². The molecule has 8 heteroatoms. The van der Waals surface area contributed by atoms with Crippen molar-refractivity contribution in [2.75, 3.05) is 26.2 Å². The van der Waals surface area contributed by atoms with E-state index in [4.69, 9.17) is 0 Å². The number of carbonyl (C=O) groups is 2. The zero-order valence-electron chi connectivity index (χ0n) is 13.9. The number of nitrogens with zero attached hydrogens (tertiary/aromatic N) is 2. The van der Waals surface area contributed by atoms with E-state index in [2.05, 4.69) is 27.9 Å². The second kappa shape index (κ2) is 9.94. The first-order valence-corrected chi connectivity index (χ1v) is 8.23. The van der Waals surface area contributed by atoms with Crippen molar-refractivity contribution in [1.29, 1.82) is 0 Å². The highest BCUT2D eigenvalue weighted by Gasteiger charge is 2.27. The zero-order valence-corrected chi connectivity index (χ0v) is 16.3. The number of hydrogen-bond acceptors (Lipinski definition) is 3. The second-order valence-corrected chi connectivity index (χ2v) is 6.08. The molecule has 23 heavy (non-hydrogen) atoms. The van der Waals surface area contributed by atoms with E-state index in [1.807, 2.05) is 6.92 Å². The molecule has 2 unspecified atom stereocenters. The number of aliphatic imine (C=N–C) groups is 1. The van der Waals surface area contributed by atoms with Gasteiger partial charge in [-0.25, -0.2) is 4.79 Å². The van der Waals surface area contributed by atoms with Crippen LogP contribution in [0.4, 0.5) is 4.79 Å². The molecule has 0 aromatic rings. The van der Waals surface area contributed by atoms with Crippen molar-refractivity contribution in [3.63, 3.8) is 0 Å². The van der Waals surface area contributed by atoms with Crippen molar-refractivity contribution in [2.24, 2.45) is 10.9 Å². The summed E-state index contributed by atoms with van der Waals surface area (Å²) in [5, 5.41) is 9.21. The minimum Gasteiger partial charge on any atom is -0.357 e. The first-order chi connectivity index (χ1) is 10.6. The molecule has 1 aliphatic carbocycles. The van der Waals surface area contributed by atoms with Crippen LogP contribution in [0.3, 0.4) is 0 Å². The van der Waals surface area contributed by atoms with Crippen LogP contribution in [0.15, 0.2) is 4.99 Å². The quantitative estimate of drug-likeness (QED) is 0.262. The van der Waals surface area contributed by atoms with E-state index >= 15 is 0 Å². The number of guanidine groups is 1. The third-order valence-electron chi connectivity index (χ3n) is 4.15. The van der Waals surface area contributed by atoms with E-state index in [0.29, 0.717) is 19.1 Å². The standard InChI is InChI=1S/C15H27N5O2.HI/c1-3-16-14(19-12-6-4-5-11(2)9-12)17-7-8-20-13(21)10-18-15(20)22;/h11-12H,3-10H2,1-2H3,(H,18,22)(H2,16,17,19);1H. The largest absolute Gasteiger partial charge is 0.357 e. The van der Waals surface area contributed by atoms with Gasteiger partial charge in [0, 0.05) is 12.6 Å². The van der Waals surface area contributed by atoms with Crippen LogP contribution in [0.2, 0.25) is 0 Å². The van der Waals surface area contributed by atoms with E-state index in [-0.39, 0.29) is 42.5 Å². The van der Waals surface area contributed by atoms with Gasteiger partial charge in [-0.1, -0.05) is 19.8 Å². The summed E-state index contributed by atoms with van der Waals surface area (Å²) in [4.78, 5) is 28.7. The fraction of sp³-hybridized carbons (Fsp3) is 0.800. The van der Waals surface area contributed by atoms with Crippen LogP contribution in [0.25, 0.3) is 0 Å². The van der Waals surface area contributed by atoms with Gasteiger partial charge in [0.1, 0.15) is 0 Å². The van der Waals surface area contributed by atoms with E-state index in [1.165, 1.54) is 24.2 Å². The third kappa shape index (κ3) is 6.15. The fourth-order valence-corrected chi connectivity index (χ4v) is 3.02. The predicted octanol–water partition coefficient (Wildman–Crippen LogP) is 1.29. The molecule has 2 atom stereocenters. The van der Waals surface area contributed by atoms with Crippen molar-refractivity contribution >= 4 is 41.9 Å². The molecule has 2 aliphatic rings. The Morgan fingerprint density at radius 3 is 2.78 bits per heavy atom. The maximum Gasteiger partial charge on any atom is 0.324 e. The Labute approximate surface area is 155 Å². The molecule has 7 nitrogen and oxygen atoms in total. The van der Waals surface area contributed by atoms with Crippen LogP contribution in [-0.4, -0.2) is 55.0 Å². The average molecular weight is 437 g/mol. The Kier molecular flexibility index (Phi) is 8.64. The minimum absolute atomic E-state index is 0. The molecule has 1 aliphatic heterocycles. The summed E-state index contributed by atoms with van der Waals surface area (Å²) in [6, 6.07) is 0.137. The molecular formula is C15H28IN5O2. The Morgan fingerprint density at radius 1 is 1.39 bits per heavy atom. The van der Waals surface area contributed by atoms with Gasteiger partial charge in [-0.15, -0.1) is 24.0 Å². The molecule has 0 aromatic carbocycles. The molecule has 0 aromatic heterocycles. The molecule has 0 spiro atoms. The van der Waals surface area contributed by atoms with Crippen molar-refractivity contribution < 1.29 is 9.59 Å². The van der Waals surface area contributed by atoms with Gasteiger partial charge >= 0.3 is 6.03 Å². The summed E-state index contributed by atoms with van der Waals surface area (Å²) in [6.45, 7) is 5.94. The highest BCUT2D eigenvalue weighted by atomic mass is 127. The van der Waals surface area contributed by atoms with Crippen molar-refractivity contribution in [3.05, 3.63) is 0 Å². The SMILES string of the molecule is CCNC(=NCCN1C(=O)CNC1=O)NC1CCCC(C)C1.I. The number of rotatable bonds is 5. The topological polar surface area (TPSA) is 85.8 Å². The van der Waals surface area contributed by atoms with Crippen LogP contribution >= 0.6 is 24.0 Å². The maximum atomic E-state index is 11.5. The number of imide groups is 1. The van der Waals surface area contributed by atoms with Crippen molar-refractivity contribution in [2.45, 2.75) is 45.6 Å². The molecule has 1 saturated heterocycles. The lowest BCUT2D eigenvalue weighted by Gasteiger charge is -2.28. The van der Waals surface area contributed by atoms with Crippen LogP contribution in [0.1, 0.15) is 39.5 Å². The Hall–Kier alpha value is -1.06. The van der Waals surface area contributed by atoms with Gasteiger partial charge in [0.05, 0.1) is 19.6 Å². The Morgan fingerprint density at radius 2 is 2.17 bits per heavy atom. The summed E-state index contributed by atoms with van der Waals surface area (Å²) in [5.41, 5.74) is 0.